The predicted molar refractivity (Wildman–Crippen MR) is 167 cm³/mol. The molecule has 2 aromatic carbocycles. The van der Waals surface area contributed by atoms with E-state index in [-0.39, 0.29) is 30.0 Å². The predicted octanol–water partition coefficient (Wildman–Crippen LogP) is 5.84. The van der Waals surface area contributed by atoms with Crippen molar-refractivity contribution in [3.63, 3.8) is 0 Å². The number of benzene rings is 2. The third-order valence-electron chi connectivity index (χ3n) is 7.95. The highest BCUT2D eigenvalue weighted by atomic mass is 32.2. The number of aryl methyl sites for hydroxylation is 1. The van der Waals surface area contributed by atoms with Crippen LogP contribution in [0.4, 0.5) is 17.6 Å². The molecule has 1 aliphatic heterocycles. The Morgan fingerprint density at radius 3 is 2.28 bits per heavy atom. The van der Waals surface area contributed by atoms with Gasteiger partial charge < -0.3 is 9.80 Å². The standard InChI is InChI=1S/C33H34F4N6O2S/c1-3-28-31(45)39-32(46-21-23-6-11-26(34)12-7-23)43(40-28)20-30(44)42(27-14-16-41(2)17-15-27)19-22-4-8-24(9-5-22)29-13-10-25(18-38-29)33(35,36)37/h4-13,18,27H,3,14-17,19-21H2,1-2H3. The smallest absolute Gasteiger partial charge is 0.334 e. The second-order valence-corrected chi connectivity index (χ2v) is 12.2. The van der Waals surface area contributed by atoms with Gasteiger partial charge in [-0.3, -0.25) is 14.6 Å². The Balaban J connectivity index is 1.37. The number of likely N-dealkylation sites (tertiary alicyclic amines) is 1. The molecule has 0 radical (unpaired) electrons. The van der Waals surface area contributed by atoms with Gasteiger partial charge in [0, 0.05) is 30.1 Å². The van der Waals surface area contributed by atoms with Crippen LogP contribution in [0.1, 0.15) is 42.1 Å². The Hall–Kier alpha value is -4.10. The lowest BCUT2D eigenvalue weighted by molar-refractivity contribution is -0.138. The van der Waals surface area contributed by atoms with Crippen molar-refractivity contribution in [3.8, 4) is 11.3 Å². The Kier molecular flexibility index (Phi) is 10.5. The summed E-state index contributed by atoms with van der Waals surface area (Å²) < 4.78 is 53.8. The van der Waals surface area contributed by atoms with Gasteiger partial charge in [-0.05, 0) is 74.8 Å². The van der Waals surface area contributed by atoms with Crippen molar-refractivity contribution in [2.24, 2.45) is 0 Å². The van der Waals surface area contributed by atoms with Gasteiger partial charge in [-0.2, -0.15) is 23.3 Å². The Bertz CT molecular complexity index is 1690. The number of pyridine rings is 1. The first-order chi connectivity index (χ1) is 22.0. The van der Waals surface area contributed by atoms with Gasteiger partial charge in [0.1, 0.15) is 18.1 Å². The number of hydrogen-bond acceptors (Lipinski definition) is 7. The number of carbonyl (C=O) groups excluding carboxylic acids is 1. The number of hydrogen-bond donors (Lipinski definition) is 0. The molecule has 1 amide bonds. The number of nitrogens with zero attached hydrogens (tertiary/aromatic N) is 6. The zero-order valence-corrected chi connectivity index (χ0v) is 26.3. The topological polar surface area (TPSA) is 84.2 Å². The van der Waals surface area contributed by atoms with E-state index in [0.717, 1.165) is 49.3 Å². The maximum atomic E-state index is 14.0. The first-order valence-corrected chi connectivity index (χ1v) is 15.9. The molecule has 8 nitrogen and oxygen atoms in total. The maximum Gasteiger partial charge on any atom is 0.417 e. The molecule has 242 valence electrons. The van der Waals surface area contributed by atoms with Gasteiger partial charge in [0.05, 0.1) is 11.3 Å². The summed E-state index contributed by atoms with van der Waals surface area (Å²) in [7, 11) is 2.04. The molecule has 46 heavy (non-hydrogen) atoms. The van der Waals surface area contributed by atoms with Crippen molar-refractivity contribution in [3.05, 3.63) is 105 Å². The van der Waals surface area contributed by atoms with E-state index >= 15 is 0 Å². The van der Waals surface area contributed by atoms with Crippen molar-refractivity contribution >= 4 is 17.7 Å². The van der Waals surface area contributed by atoms with Crippen LogP contribution >= 0.6 is 11.8 Å². The molecule has 4 aromatic rings. The third kappa shape index (κ3) is 8.38. The highest BCUT2D eigenvalue weighted by Crippen LogP contribution is 2.30. The molecule has 0 N–H and O–H groups in total. The van der Waals surface area contributed by atoms with Crippen LogP contribution in [-0.2, 0) is 36.2 Å². The molecule has 5 rings (SSSR count). The molecule has 0 atom stereocenters. The van der Waals surface area contributed by atoms with Crippen LogP contribution in [-0.4, -0.2) is 61.6 Å². The van der Waals surface area contributed by atoms with Crippen molar-refractivity contribution in [1.29, 1.82) is 0 Å². The molecular formula is C33H34F4N6O2S. The molecule has 1 fully saturated rings. The van der Waals surface area contributed by atoms with Gasteiger partial charge in [-0.15, -0.1) is 0 Å². The zero-order chi connectivity index (χ0) is 32.8. The van der Waals surface area contributed by atoms with E-state index in [9.17, 15) is 27.2 Å². The molecule has 3 heterocycles. The average molecular weight is 655 g/mol. The molecule has 0 unspecified atom stereocenters. The largest absolute Gasteiger partial charge is 0.417 e. The number of halogens is 4. The van der Waals surface area contributed by atoms with E-state index in [1.54, 1.807) is 31.2 Å². The summed E-state index contributed by atoms with van der Waals surface area (Å²) in [5.74, 6) is -0.109. The van der Waals surface area contributed by atoms with Crippen molar-refractivity contribution in [2.75, 3.05) is 20.1 Å². The SMILES string of the molecule is CCc1nn(CC(=O)N(Cc2ccc(-c3ccc(C(F)(F)F)cn3)cc2)C2CCN(C)CC2)c(SCc2ccc(F)cc2)nc1=O. The average Bonchev–Trinajstić information content (AvgIpc) is 3.04. The van der Waals surface area contributed by atoms with Crippen LogP contribution in [0.5, 0.6) is 0 Å². The van der Waals surface area contributed by atoms with Crippen LogP contribution in [0.3, 0.4) is 0 Å². The normalized spacial score (nSPS) is 14.4. The summed E-state index contributed by atoms with van der Waals surface area (Å²) in [5.41, 5.74) is 1.77. The van der Waals surface area contributed by atoms with Gasteiger partial charge in [0.2, 0.25) is 5.91 Å². The zero-order valence-electron chi connectivity index (χ0n) is 25.5. The number of carbonyl (C=O) groups is 1. The van der Waals surface area contributed by atoms with Crippen LogP contribution in [0.15, 0.2) is 76.8 Å². The molecule has 0 spiro atoms. The second kappa shape index (κ2) is 14.5. The fourth-order valence-electron chi connectivity index (χ4n) is 5.26. The van der Waals surface area contributed by atoms with E-state index in [1.165, 1.54) is 34.6 Å². The number of aromatic nitrogens is 4. The Morgan fingerprint density at radius 2 is 1.67 bits per heavy atom. The maximum absolute atomic E-state index is 14.0. The van der Waals surface area contributed by atoms with E-state index in [1.807, 2.05) is 24.1 Å². The van der Waals surface area contributed by atoms with Crippen LogP contribution < -0.4 is 5.56 Å². The summed E-state index contributed by atoms with van der Waals surface area (Å²) >= 11 is 1.26. The third-order valence-corrected chi connectivity index (χ3v) is 8.99. The van der Waals surface area contributed by atoms with Crippen LogP contribution in [0, 0.1) is 5.82 Å². The van der Waals surface area contributed by atoms with Crippen molar-refractivity contribution < 1.29 is 22.4 Å². The van der Waals surface area contributed by atoms with Gasteiger partial charge in [-0.1, -0.05) is 55.1 Å². The number of piperidine rings is 1. The molecule has 2 aromatic heterocycles. The highest BCUT2D eigenvalue weighted by molar-refractivity contribution is 7.98. The van der Waals surface area contributed by atoms with Crippen LogP contribution in [0.2, 0.25) is 0 Å². The van der Waals surface area contributed by atoms with Crippen LogP contribution in [0.25, 0.3) is 11.3 Å². The number of alkyl halides is 3. The summed E-state index contributed by atoms with van der Waals surface area (Å²) in [6.45, 7) is 3.68. The molecule has 0 aliphatic carbocycles. The minimum atomic E-state index is -4.46. The van der Waals surface area contributed by atoms with E-state index in [0.29, 0.717) is 35.1 Å². The summed E-state index contributed by atoms with van der Waals surface area (Å²) in [6, 6.07) is 15.6. The minimum Gasteiger partial charge on any atom is -0.334 e. The second-order valence-electron chi connectivity index (χ2n) is 11.3. The molecular weight excluding hydrogens is 620 g/mol. The van der Waals surface area contributed by atoms with Crippen molar-refractivity contribution in [1.82, 2.24) is 29.5 Å². The summed E-state index contributed by atoms with van der Waals surface area (Å²) in [5, 5.41) is 4.80. The van der Waals surface area contributed by atoms with Gasteiger partial charge >= 0.3 is 6.18 Å². The lowest BCUT2D eigenvalue weighted by atomic mass is 10.0. The summed E-state index contributed by atoms with van der Waals surface area (Å²) in [6.07, 6.45) is -1.70. The molecule has 1 saturated heterocycles. The number of amides is 1. The van der Waals surface area contributed by atoms with E-state index < -0.39 is 17.3 Å². The lowest BCUT2D eigenvalue weighted by Crippen LogP contribution is -2.47. The first-order valence-electron chi connectivity index (χ1n) is 15.0. The Labute approximate surface area is 268 Å². The van der Waals surface area contributed by atoms with Gasteiger partial charge in [0.15, 0.2) is 5.16 Å². The molecule has 13 heteroatoms. The van der Waals surface area contributed by atoms with E-state index in [4.69, 9.17) is 0 Å². The van der Waals surface area contributed by atoms with Crippen molar-refractivity contribution in [2.45, 2.75) is 62.4 Å². The number of thioether (sulfide) groups is 1. The van der Waals surface area contributed by atoms with Gasteiger partial charge in [-0.25, -0.2) is 9.07 Å². The quantitative estimate of drug-likeness (QED) is 0.157. The van der Waals surface area contributed by atoms with Gasteiger partial charge in [0.25, 0.3) is 5.56 Å². The fourth-order valence-corrected chi connectivity index (χ4v) is 6.15. The summed E-state index contributed by atoms with van der Waals surface area (Å²) in [4.78, 5) is 38.9. The fraction of sp³-hybridized carbons (Fsp3) is 0.364. The number of rotatable bonds is 10. The first kappa shape index (κ1) is 33.3. The minimum absolute atomic E-state index is 0.0201. The highest BCUT2D eigenvalue weighted by Gasteiger charge is 2.31. The molecule has 0 saturated carbocycles. The lowest BCUT2D eigenvalue weighted by Gasteiger charge is -2.37. The molecule has 0 bridgehead atoms. The molecule has 1 aliphatic rings. The van der Waals surface area contributed by atoms with E-state index in [2.05, 4.69) is 20.0 Å². The Morgan fingerprint density at radius 1 is 1.00 bits per heavy atom. The monoisotopic (exact) mass is 654 g/mol.